The van der Waals surface area contributed by atoms with Gasteiger partial charge in [0.25, 0.3) is 0 Å². The van der Waals surface area contributed by atoms with Crippen LogP contribution in [0.5, 0.6) is 0 Å². The van der Waals surface area contributed by atoms with Crippen molar-refractivity contribution in [3.63, 3.8) is 0 Å². The molecule has 1 aromatic rings. The molecule has 0 radical (unpaired) electrons. The van der Waals surface area contributed by atoms with Crippen LogP contribution in [0.15, 0.2) is 24.3 Å². The van der Waals surface area contributed by atoms with Crippen LogP contribution >= 0.6 is 0 Å². The predicted molar refractivity (Wildman–Crippen MR) is 219 cm³/mol. The lowest BCUT2D eigenvalue weighted by molar-refractivity contribution is -0.167. The summed E-state index contributed by atoms with van der Waals surface area (Å²) in [4.78, 5) is 59.4. The number of ether oxygens (including phenoxy) is 2. The number of benzene rings is 1. The first-order chi connectivity index (χ1) is 26.8. The Bertz CT molecular complexity index is 1620. The molecular weight excluding hydrogens is 782 g/mol. The van der Waals surface area contributed by atoms with E-state index in [9.17, 15) is 40.8 Å². The molecule has 58 heavy (non-hydrogen) atoms. The van der Waals surface area contributed by atoms with Crippen molar-refractivity contribution in [2.24, 2.45) is 23.7 Å². The van der Waals surface area contributed by atoms with E-state index in [4.69, 9.17) is 9.47 Å². The van der Waals surface area contributed by atoms with Crippen molar-refractivity contribution in [3.8, 4) is 0 Å². The fraction of sp³-hybridized carbons (Fsp3) is 0.750. The molecule has 2 rings (SSSR count). The molecule has 0 aromatic heterocycles. The Labute approximate surface area is 343 Å². The highest BCUT2D eigenvalue weighted by atomic mass is 32.2. The molecule has 14 nitrogen and oxygen atoms in total. The quantitative estimate of drug-likeness (QED) is 0.179. The molecule has 18 heteroatoms. The molecular formula is C40H67F3N6O8S. The van der Waals surface area contributed by atoms with E-state index in [1.807, 2.05) is 41.8 Å². The van der Waals surface area contributed by atoms with Crippen LogP contribution in [0.1, 0.15) is 74.1 Å². The van der Waals surface area contributed by atoms with E-state index in [-0.39, 0.29) is 47.5 Å². The molecule has 1 aromatic carbocycles. The average molecular weight is 849 g/mol. The molecule has 4 amide bonds. The van der Waals surface area contributed by atoms with Crippen molar-refractivity contribution in [3.05, 3.63) is 24.3 Å². The number of likely N-dealkylation sites (N-methyl/N-ethyl adjacent to an activating group) is 2. The SMILES string of the molecule is CC[C@@H](C)[C@@H]([C@@H](CC(=O)N1CCC[C@H]1[C@H](OC)[C@@H](C)C(=O)N(c1ccc(NC(=O)C(F)(F)F)cc1)S(C)(=O)=O)OC)N(C)C(=O)[C@@H](NC[C@H](C(C)C)N(C)C)C(C)C. The first-order valence-corrected chi connectivity index (χ1v) is 21.7. The highest BCUT2D eigenvalue weighted by molar-refractivity contribution is 7.92. The predicted octanol–water partition coefficient (Wildman–Crippen LogP) is 4.60. The van der Waals surface area contributed by atoms with Gasteiger partial charge in [0.2, 0.25) is 27.7 Å². The van der Waals surface area contributed by atoms with E-state index in [0.717, 1.165) is 30.5 Å². The van der Waals surface area contributed by atoms with Crippen LogP contribution < -0.4 is 14.9 Å². The Hall–Kier alpha value is -3.32. The molecule has 0 unspecified atom stereocenters. The zero-order valence-electron chi connectivity index (χ0n) is 36.4. The van der Waals surface area contributed by atoms with Crippen molar-refractivity contribution >= 4 is 45.0 Å². The maximum Gasteiger partial charge on any atom is 0.471 e. The molecule has 1 aliphatic rings. The van der Waals surface area contributed by atoms with Crippen LogP contribution in [-0.4, -0.2) is 144 Å². The monoisotopic (exact) mass is 848 g/mol. The van der Waals surface area contributed by atoms with Gasteiger partial charge in [-0.3, -0.25) is 19.2 Å². The van der Waals surface area contributed by atoms with Gasteiger partial charge in [-0.25, -0.2) is 12.7 Å². The van der Waals surface area contributed by atoms with Gasteiger partial charge in [-0.2, -0.15) is 13.2 Å². The normalized spacial score (nSPS) is 18.7. The summed E-state index contributed by atoms with van der Waals surface area (Å²) < 4.78 is 76.7. The summed E-state index contributed by atoms with van der Waals surface area (Å²) in [7, 11) is 4.41. The third kappa shape index (κ3) is 13.1. The number of hydrogen-bond donors (Lipinski definition) is 2. The fourth-order valence-electron chi connectivity index (χ4n) is 7.94. The Morgan fingerprint density at radius 3 is 1.97 bits per heavy atom. The second-order valence-electron chi connectivity index (χ2n) is 16.4. The number of anilines is 2. The molecule has 1 saturated heterocycles. The van der Waals surface area contributed by atoms with Crippen LogP contribution in [0, 0.1) is 23.7 Å². The first-order valence-electron chi connectivity index (χ1n) is 19.9. The molecule has 2 N–H and O–H groups in total. The minimum Gasteiger partial charge on any atom is -0.379 e. The average Bonchev–Trinajstić information content (AvgIpc) is 3.61. The number of sulfonamides is 1. The second-order valence-corrected chi connectivity index (χ2v) is 18.2. The smallest absolute Gasteiger partial charge is 0.379 e. The summed E-state index contributed by atoms with van der Waals surface area (Å²) >= 11 is 0. The van der Waals surface area contributed by atoms with E-state index in [1.165, 1.54) is 21.1 Å². The van der Waals surface area contributed by atoms with Crippen molar-refractivity contribution in [1.82, 2.24) is 20.0 Å². The number of methoxy groups -OCH3 is 2. The molecule has 0 bridgehead atoms. The lowest BCUT2D eigenvalue weighted by Gasteiger charge is -2.41. The number of carbonyl (C=O) groups excluding carboxylic acids is 4. The lowest BCUT2D eigenvalue weighted by Crippen LogP contribution is -2.58. The second kappa shape index (κ2) is 21.8. The van der Waals surface area contributed by atoms with Gasteiger partial charge in [0.05, 0.1) is 54.6 Å². The zero-order chi connectivity index (χ0) is 44.4. The van der Waals surface area contributed by atoms with Crippen LogP contribution in [-0.2, 0) is 38.7 Å². The number of rotatable bonds is 21. The topological polar surface area (TPSA) is 158 Å². The highest BCUT2D eigenvalue weighted by Crippen LogP contribution is 2.32. The van der Waals surface area contributed by atoms with E-state index in [1.54, 1.807) is 22.2 Å². The summed E-state index contributed by atoms with van der Waals surface area (Å²) in [6.45, 7) is 14.8. The number of hydrogen-bond acceptors (Lipinski definition) is 10. The summed E-state index contributed by atoms with van der Waals surface area (Å²) in [5, 5.41) is 5.20. The minimum absolute atomic E-state index is 0.0184. The van der Waals surface area contributed by atoms with E-state index < -0.39 is 64.3 Å². The van der Waals surface area contributed by atoms with Gasteiger partial charge in [-0.1, -0.05) is 54.9 Å². The van der Waals surface area contributed by atoms with Crippen molar-refractivity contribution in [1.29, 1.82) is 0 Å². The van der Waals surface area contributed by atoms with Gasteiger partial charge in [-0.05, 0) is 69.0 Å². The van der Waals surface area contributed by atoms with E-state index in [2.05, 4.69) is 24.1 Å². The van der Waals surface area contributed by atoms with E-state index in [0.29, 0.717) is 42.6 Å². The maximum absolute atomic E-state index is 14.3. The largest absolute Gasteiger partial charge is 0.471 e. The summed E-state index contributed by atoms with van der Waals surface area (Å²) in [5.41, 5.74) is -0.421. The molecule has 1 aliphatic heterocycles. The van der Waals surface area contributed by atoms with Crippen LogP contribution in [0.25, 0.3) is 0 Å². The van der Waals surface area contributed by atoms with Crippen LogP contribution in [0.3, 0.4) is 0 Å². The number of alkyl halides is 3. The molecule has 0 saturated carbocycles. The Kier molecular flexibility index (Phi) is 19.1. The number of likely N-dealkylation sites (tertiary alicyclic amines) is 1. The standard InChI is InChI=1S/C40H67F3N6O8S/c1-14-26(6)35(47(10)38(52)34(25(4)5)44-23-31(24(2)3)46(8)9)32(56-11)22-33(50)48-21-15-16-30(48)36(57-12)27(7)37(51)49(58(13,54)55)29-19-17-28(18-20-29)45-39(53)40(41,42)43/h17-20,24-27,30-32,34-36,44H,14-16,21-23H2,1-13H3,(H,45,53)/t26-,27-,30+,31-,32-,34+,35+,36-/m1/s1. The van der Waals surface area contributed by atoms with Gasteiger partial charge >= 0.3 is 12.1 Å². The van der Waals surface area contributed by atoms with Gasteiger partial charge in [0, 0.05) is 46.1 Å². The van der Waals surface area contributed by atoms with Crippen molar-refractivity contribution < 1.29 is 50.2 Å². The third-order valence-corrected chi connectivity index (χ3v) is 12.4. The van der Waals surface area contributed by atoms with Crippen molar-refractivity contribution in [2.75, 3.05) is 64.3 Å². The maximum atomic E-state index is 14.3. The van der Waals surface area contributed by atoms with Crippen molar-refractivity contribution in [2.45, 2.75) is 117 Å². The molecule has 0 aliphatic carbocycles. The zero-order valence-corrected chi connectivity index (χ0v) is 37.2. The Balaban J connectivity index is 2.36. The Morgan fingerprint density at radius 2 is 1.52 bits per heavy atom. The molecule has 332 valence electrons. The van der Waals surface area contributed by atoms with Gasteiger partial charge in [-0.15, -0.1) is 0 Å². The van der Waals surface area contributed by atoms with Crippen LogP contribution in [0.2, 0.25) is 0 Å². The van der Waals surface area contributed by atoms with Gasteiger partial charge < -0.3 is 34.8 Å². The number of amides is 4. The molecule has 1 heterocycles. The highest BCUT2D eigenvalue weighted by Gasteiger charge is 2.45. The van der Waals surface area contributed by atoms with E-state index >= 15 is 0 Å². The molecule has 1 fully saturated rings. The van der Waals surface area contributed by atoms with Gasteiger partial charge in [0.15, 0.2) is 0 Å². The van der Waals surface area contributed by atoms with Gasteiger partial charge in [0.1, 0.15) is 0 Å². The molecule has 0 spiro atoms. The number of halogens is 3. The fourth-order valence-corrected chi connectivity index (χ4v) is 8.93. The number of nitrogens with one attached hydrogen (secondary N) is 2. The van der Waals surface area contributed by atoms with Crippen LogP contribution in [0.4, 0.5) is 24.5 Å². The summed E-state index contributed by atoms with van der Waals surface area (Å²) in [6.07, 6.45) is -4.25. The summed E-state index contributed by atoms with van der Waals surface area (Å²) in [5.74, 6) is -4.27. The first kappa shape index (κ1) is 50.8. The number of nitrogens with zero attached hydrogens (tertiary/aromatic N) is 4. The summed E-state index contributed by atoms with van der Waals surface area (Å²) in [6, 6.07) is 2.98. The lowest BCUT2D eigenvalue weighted by atomic mass is 9.89. The Morgan fingerprint density at radius 1 is 0.931 bits per heavy atom. The number of carbonyl (C=O) groups is 4. The third-order valence-electron chi connectivity index (χ3n) is 11.3. The molecule has 8 atom stereocenters. The minimum atomic E-state index is -5.14.